The monoisotopic (exact) mass is 397 g/mol. The number of methoxy groups -OCH3 is 1. The molecule has 24 heavy (non-hydrogen) atoms. The van der Waals surface area contributed by atoms with Gasteiger partial charge in [0.1, 0.15) is 5.75 Å². The van der Waals surface area contributed by atoms with Crippen LogP contribution in [-0.2, 0) is 20.7 Å². The number of carbonyl (C=O) groups excluding carboxylic acids is 1. The topological polar surface area (TPSA) is 76.1 Å². The zero-order chi connectivity index (χ0) is 17.3. The third kappa shape index (κ3) is 3.02. The molecule has 0 saturated carbocycles. The number of hydrogen-bond donors (Lipinski definition) is 1. The van der Waals surface area contributed by atoms with Crippen LogP contribution >= 0.6 is 15.9 Å². The lowest BCUT2D eigenvalue weighted by molar-refractivity contribution is -0.157. The minimum Gasteiger partial charge on any atom is -0.497 e. The van der Waals surface area contributed by atoms with Crippen LogP contribution in [0.15, 0.2) is 22.7 Å². The molecule has 1 aromatic carbocycles. The molecule has 1 aromatic rings. The number of rotatable bonds is 4. The van der Waals surface area contributed by atoms with Gasteiger partial charge < -0.3 is 19.5 Å². The standard InChI is InChI=1S/C17H20BrNO5/c1-23-13-2-3-14(18)11(6-13)7-15(20)19-8-12-9-24-5-4-17(12,10-19)16(21)22/h2-3,6,12H,4-5,7-10H2,1H3,(H,21,22)/t12-,17+/m0/s1. The Morgan fingerprint density at radius 2 is 2.29 bits per heavy atom. The van der Waals surface area contributed by atoms with Gasteiger partial charge in [0, 0.05) is 30.1 Å². The van der Waals surface area contributed by atoms with E-state index in [1.807, 2.05) is 18.2 Å². The van der Waals surface area contributed by atoms with Crippen molar-refractivity contribution in [3.8, 4) is 5.75 Å². The molecule has 6 nitrogen and oxygen atoms in total. The van der Waals surface area contributed by atoms with E-state index in [1.165, 1.54) is 0 Å². The van der Waals surface area contributed by atoms with Crippen LogP contribution < -0.4 is 4.74 Å². The first kappa shape index (κ1) is 17.2. The highest BCUT2D eigenvalue weighted by atomic mass is 79.9. The van der Waals surface area contributed by atoms with Gasteiger partial charge in [-0.3, -0.25) is 9.59 Å². The Balaban J connectivity index is 1.76. The summed E-state index contributed by atoms with van der Waals surface area (Å²) in [6, 6.07) is 5.48. The molecule has 2 saturated heterocycles. The minimum atomic E-state index is -0.862. The molecule has 2 fully saturated rings. The van der Waals surface area contributed by atoms with Crippen LogP contribution in [0.4, 0.5) is 0 Å². The van der Waals surface area contributed by atoms with Crippen molar-refractivity contribution in [2.45, 2.75) is 12.8 Å². The number of fused-ring (bicyclic) bond motifs is 1. The fourth-order valence-corrected chi connectivity index (χ4v) is 3.96. The lowest BCUT2D eigenvalue weighted by atomic mass is 9.74. The number of halogens is 1. The first-order valence-electron chi connectivity index (χ1n) is 7.87. The van der Waals surface area contributed by atoms with Gasteiger partial charge in [-0.1, -0.05) is 15.9 Å². The molecule has 0 bridgehead atoms. The molecule has 2 atom stereocenters. The van der Waals surface area contributed by atoms with Gasteiger partial charge in [-0.05, 0) is 30.2 Å². The van der Waals surface area contributed by atoms with Crippen molar-refractivity contribution in [3.63, 3.8) is 0 Å². The Bertz CT molecular complexity index is 664. The molecule has 0 aliphatic carbocycles. The van der Waals surface area contributed by atoms with Crippen LogP contribution in [0.1, 0.15) is 12.0 Å². The van der Waals surface area contributed by atoms with Crippen molar-refractivity contribution >= 4 is 27.8 Å². The second-order valence-corrected chi connectivity index (χ2v) is 7.25. The third-order valence-corrected chi connectivity index (χ3v) is 5.85. The molecule has 0 spiro atoms. The van der Waals surface area contributed by atoms with Crippen LogP contribution in [0.3, 0.4) is 0 Å². The SMILES string of the molecule is COc1ccc(Br)c(CC(=O)N2C[C@H]3COCC[C@@]3(C(=O)O)C2)c1. The number of aliphatic carboxylic acids is 1. The van der Waals surface area contributed by atoms with E-state index in [0.29, 0.717) is 31.9 Å². The Hall–Kier alpha value is -1.60. The summed E-state index contributed by atoms with van der Waals surface area (Å²) in [7, 11) is 1.58. The average Bonchev–Trinajstić information content (AvgIpc) is 2.98. The van der Waals surface area contributed by atoms with E-state index in [-0.39, 0.29) is 24.8 Å². The molecule has 1 amide bonds. The number of hydrogen-bond acceptors (Lipinski definition) is 4. The summed E-state index contributed by atoms with van der Waals surface area (Å²) in [5, 5.41) is 9.68. The van der Waals surface area contributed by atoms with Gasteiger partial charge in [0.2, 0.25) is 5.91 Å². The summed E-state index contributed by atoms with van der Waals surface area (Å²) >= 11 is 3.45. The van der Waals surface area contributed by atoms with Crippen molar-refractivity contribution < 1.29 is 24.2 Å². The number of benzene rings is 1. The van der Waals surface area contributed by atoms with Crippen LogP contribution in [0.2, 0.25) is 0 Å². The molecule has 0 aromatic heterocycles. The second kappa shape index (κ2) is 6.72. The maximum absolute atomic E-state index is 12.7. The second-order valence-electron chi connectivity index (χ2n) is 6.39. The smallest absolute Gasteiger partial charge is 0.311 e. The van der Waals surface area contributed by atoms with Crippen molar-refractivity contribution in [1.29, 1.82) is 0 Å². The molecule has 2 aliphatic heterocycles. The van der Waals surface area contributed by atoms with E-state index in [2.05, 4.69) is 15.9 Å². The lowest BCUT2D eigenvalue weighted by Crippen LogP contribution is -2.45. The summed E-state index contributed by atoms with van der Waals surface area (Å²) in [5.41, 5.74) is -0.0330. The number of carbonyl (C=O) groups is 2. The van der Waals surface area contributed by atoms with E-state index in [4.69, 9.17) is 9.47 Å². The summed E-state index contributed by atoms with van der Waals surface area (Å²) in [5.74, 6) is -0.347. The molecule has 7 heteroatoms. The molecule has 0 radical (unpaired) electrons. The average molecular weight is 398 g/mol. The zero-order valence-corrected chi connectivity index (χ0v) is 15.0. The molecular formula is C17H20BrNO5. The highest BCUT2D eigenvalue weighted by molar-refractivity contribution is 9.10. The summed E-state index contributed by atoms with van der Waals surface area (Å²) in [4.78, 5) is 26.2. The zero-order valence-electron chi connectivity index (χ0n) is 13.5. The lowest BCUT2D eigenvalue weighted by Gasteiger charge is -2.33. The summed E-state index contributed by atoms with van der Waals surface area (Å²) in [6.45, 7) is 1.54. The first-order chi connectivity index (χ1) is 11.5. The van der Waals surface area contributed by atoms with Crippen LogP contribution in [0.25, 0.3) is 0 Å². The van der Waals surface area contributed by atoms with Crippen LogP contribution in [-0.4, -0.2) is 55.3 Å². The van der Waals surface area contributed by atoms with E-state index in [0.717, 1.165) is 10.0 Å². The van der Waals surface area contributed by atoms with E-state index in [9.17, 15) is 14.7 Å². The van der Waals surface area contributed by atoms with Crippen molar-refractivity contribution in [2.75, 3.05) is 33.4 Å². The Kier molecular flexibility index (Phi) is 4.83. The fraction of sp³-hybridized carbons (Fsp3) is 0.529. The summed E-state index contributed by atoms with van der Waals surface area (Å²) < 4.78 is 11.5. The molecule has 3 rings (SSSR count). The van der Waals surface area contributed by atoms with Gasteiger partial charge >= 0.3 is 5.97 Å². The highest BCUT2D eigenvalue weighted by Gasteiger charge is 2.54. The number of carboxylic acids is 1. The van der Waals surface area contributed by atoms with E-state index < -0.39 is 11.4 Å². The number of nitrogens with zero attached hydrogens (tertiary/aromatic N) is 1. The highest BCUT2D eigenvalue weighted by Crippen LogP contribution is 2.42. The molecule has 1 N–H and O–H groups in total. The maximum Gasteiger partial charge on any atom is 0.311 e. The maximum atomic E-state index is 12.7. The summed E-state index contributed by atoms with van der Waals surface area (Å²) in [6.07, 6.45) is 0.667. The molecule has 2 aliphatic rings. The Labute approximate surface area is 148 Å². The third-order valence-electron chi connectivity index (χ3n) is 5.08. The van der Waals surface area contributed by atoms with E-state index >= 15 is 0 Å². The Morgan fingerprint density at radius 3 is 2.96 bits per heavy atom. The fourth-order valence-electron chi connectivity index (χ4n) is 3.58. The molecular weight excluding hydrogens is 378 g/mol. The quantitative estimate of drug-likeness (QED) is 0.839. The Morgan fingerprint density at radius 1 is 1.50 bits per heavy atom. The number of likely N-dealkylation sites (tertiary alicyclic amines) is 1. The number of amides is 1. The van der Waals surface area contributed by atoms with Crippen LogP contribution in [0, 0.1) is 11.3 Å². The van der Waals surface area contributed by atoms with E-state index in [1.54, 1.807) is 12.0 Å². The molecule has 130 valence electrons. The van der Waals surface area contributed by atoms with Gasteiger partial charge in [0.15, 0.2) is 0 Å². The van der Waals surface area contributed by atoms with Gasteiger partial charge in [0.05, 0.1) is 25.6 Å². The first-order valence-corrected chi connectivity index (χ1v) is 8.67. The van der Waals surface area contributed by atoms with Gasteiger partial charge in [-0.2, -0.15) is 0 Å². The van der Waals surface area contributed by atoms with Gasteiger partial charge in [0.25, 0.3) is 0 Å². The minimum absolute atomic E-state index is 0.0704. The number of carboxylic acid groups (broad SMARTS) is 1. The largest absolute Gasteiger partial charge is 0.497 e. The van der Waals surface area contributed by atoms with Gasteiger partial charge in [-0.25, -0.2) is 0 Å². The normalized spacial score (nSPS) is 26.1. The van der Waals surface area contributed by atoms with Crippen LogP contribution in [0.5, 0.6) is 5.75 Å². The van der Waals surface area contributed by atoms with Crippen molar-refractivity contribution in [1.82, 2.24) is 4.90 Å². The predicted octanol–water partition coefficient (Wildman–Crippen LogP) is 1.95. The molecule has 0 unspecified atom stereocenters. The molecule has 2 heterocycles. The predicted molar refractivity (Wildman–Crippen MR) is 90.0 cm³/mol. The number of ether oxygens (including phenoxy) is 2. The van der Waals surface area contributed by atoms with Crippen molar-refractivity contribution in [3.05, 3.63) is 28.2 Å². The van der Waals surface area contributed by atoms with Crippen molar-refractivity contribution in [2.24, 2.45) is 11.3 Å². The van der Waals surface area contributed by atoms with Gasteiger partial charge in [-0.15, -0.1) is 0 Å².